The number of H-pyrrole nitrogens is 2. The molecule has 8 heteroatoms. The van der Waals surface area contributed by atoms with Crippen LogP contribution in [0.3, 0.4) is 0 Å². The Bertz CT molecular complexity index is 1780. The monoisotopic (exact) mass is 466 g/mol. The van der Waals surface area contributed by atoms with E-state index < -0.39 is 10.1 Å². The van der Waals surface area contributed by atoms with Crippen LogP contribution in [0.15, 0.2) is 71.6 Å². The van der Waals surface area contributed by atoms with E-state index in [0.717, 1.165) is 33.2 Å². The third kappa shape index (κ3) is 3.64. The topological polar surface area (TPSA) is 112 Å². The fourth-order valence-electron chi connectivity index (χ4n) is 4.22. The molecule has 3 N–H and O–H groups in total. The van der Waals surface area contributed by atoms with Gasteiger partial charge in [-0.15, -0.1) is 0 Å². The van der Waals surface area contributed by atoms with Gasteiger partial charge in [0.15, 0.2) is 0 Å². The number of fused-ring (bicyclic) bond motifs is 8. The average molecular weight is 467 g/mol. The molecule has 0 fully saturated rings. The molecule has 0 saturated carbocycles. The number of rotatable bonds is 2. The average Bonchev–Trinajstić information content (AvgIpc) is 3.59. The van der Waals surface area contributed by atoms with E-state index in [1.165, 1.54) is 0 Å². The van der Waals surface area contributed by atoms with Crippen LogP contribution in [0.1, 0.15) is 22.8 Å². The van der Waals surface area contributed by atoms with Crippen LogP contribution in [0, 0.1) is 0 Å². The van der Waals surface area contributed by atoms with E-state index in [1.54, 1.807) is 30.4 Å². The standard InChI is InChI=1S/C26H18N4O3S/c31-34(32,33)26-23-11-9-20(29-23)15-18-7-6-17(27-18)14-19-8-10-21(28-19)25(16-4-2-1-3-5-16)22-12-13-24(26)30-22/h1-15,27-28H,(H,31,32,33). The second-order valence-corrected chi connectivity index (χ2v) is 9.36. The van der Waals surface area contributed by atoms with Crippen LogP contribution in [-0.4, -0.2) is 32.9 Å². The highest BCUT2D eigenvalue weighted by Gasteiger charge is 2.23. The molecule has 34 heavy (non-hydrogen) atoms. The minimum absolute atomic E-state index is 0.128. The van der Waals surface area contributed by atoms with E-state index in [9.17, 15) is 13.0 Å². The van der Waals surface area contributed by atoms with E-state index in [2.05, 4.69) is 19.9 Å². The summed E-state index contributed by atoms with van der Waals surface area (Å²) in [5.41, 5.74) is 6.56. The Kier molecular flexibility index (Phi) is 4.58. The number of benzene rings is 1. The van der Waals surface area contributed by atoms with Gasteiger partial charge in [0.25, 0.3) is 10.1 Å². The lowest BCUT2D eigenvalue weighted by Crippen LogP contribution is -2.03. The van der Waals surface area contributed by atoms with Gasteiger partial charge in [-0.3, -0.25) is 4.55 Å². The SMILES string of the molecule is O=S(=O)(O)c1c2nc(cc3ccc(cc4ccc([nH]4)c(-c4ccccc4)c4nc1C=C4)[nH]3)C=C2. The van der Waals surface area contributed by atoms with Crippen LogP contribution in [0.2, 0.25) is 0 Å². The van der Waals surface area contributed by atoms with Gasteiger partial charge in [-0.1, -0.05) is 30.3 Å². The molecule has 0 amide bonds. The van der Waals surface area contributed by atoms with Crippen molar-refractivity contribution >= 4 is 56.5 Å². The molecule has 166 valence electrons. The van der Waals surface area contributed by atoms with Crippen LogP contribution in [0.5, 0.6) is 0 Å². The summed E-state index contributed by atoms with van der Waals surface area (Å²) >= 11 is 0. The molecular formula is C26H18N4O3S. The minimum Gasteiger partial charge on any atom is -0.355 e. The first-order chi connectivity index (χ1) is 16.4. The zero-order valence-electron chi connectivity index (χ0n) is 17.7. The molecule has 0 spiro atoms. The van der Waals surface area contributed by atoms with Crippen LogP contribution >= 0.6 is 0 Å². The van der Waals surface area contributed by atoms with E-state index in [-0.39, 0.29) is 16.3 Å². The third-order valence-electron chi connectivity index (χ3n) is 5.67. The third-order valence-corrected chi connectivity index (χ3v) is 6.60. The van der Waals surface area contributed by atoms with Crippen LogP contribution in [-0.2, 0) is 10.1 Å². The summed E-state index contributed by atoms with van der Waals surface area (Å²) in [7, 11) is -4.60. The molecule has 0 aliphatic carbocycles. The van der Waals surface area contributed by atoms with Gasteiger partial charge in [0.1, 0.15) is 4.90 Å². The molecular weight excluding hydrogens is 448 g/mol. The molecule has 5 heterocycles. The zero-order chi connectivity index (χ0) is 23.3. The van der Waals surface area contributed by atoms with Crippen molar-refractivity contribution in [2.75, 3.05) is 0 Å². The summed E-state index contributed by atoms with van der Waals surface area (Å²) in [5, 5.41) is 0. The second kappa shape index (κ2) is 7.65. The Morgan fingerprint density at radius 3 is 2.12 bits per heavy atom. The van der Waals surface area contributed by atoms with Crippen molar-refractivity contribution in [3.05, 3.63) is 89.5 Å². The number of nitrogens with zero attached hydrogens (tertiary/aromatic N) is 2. The summed E-state index contributed by atoms with van der Waals surface area (Å²) < 4.78 is 34.9. The van der Waals surface area contributed by atoms with Gasteiger partial charge in [0.2, 0.25) is 0 Å². The first-order valence-corrected chi connectivity index (χ1v) is 12.0. The Labute approximate surface area is 194 Å². The molecule has 0 saturated heterocycles. The van der Waals surface area contributed by atoms with E-state index in [1.807, 2.05) is 60.7 Å². The summed E-state index contributed by atoms with van der Waals surface area (Å²) in [6, 6.07) is 21.4. The minimum atomic E-state index is -4.60. The molecule has 1 aromatic carbocycles. The van der Waals surface area contributed by atoms with E-state index in [4.69, 9.17) is 0 Å². The number of nitrogens with one attached hydrogen (secondary N) is 2. The van der Waals surface area contributed by atoms with Gasteiger partial charge in [-0.2, -0.15) is 8.42 Å². The highest BCUT2D eigenvalue weighted by molar-refractivity contribution is 7.86. The Morgan fingerprint density at radius 1 is 0.676 bits per heavy atom. The summed E-state index contributed by atoms with van der Waals surface area (Å²) in [5.74, 6) is 0. The lowest BCUT2D eigenvalue weighted by atomic mass is 10.0. The van der Waals surface area contributed by atoms with Crippen molar-refractivity contribution in [1.29, 1.82) is 0 Å². The Hall–Kier alpha value is -4.27. The van der Waals surface area contributed by atoms with Crippen LogP contribution in [0.4, 0.5) is 0 Å². The zero-order valence-corrected chi connectivity index (χ0v) is 18.5. The maximum atomic E-state index is 12.4. The van der Waals surface area contributed by atoms with Gasteiger partial charge >= 0.3 is 0 Å². The first-order valence-electron chi connectivity index (χ1n) is 10.6. The molecule has 8 bridgehead atoms. The second-order valence-electron chi connectivity index (χ2n) is 8.00. The summed E-state index contributed by atoms with van der Waals surface area (Å²) in [6.07, 6.45) is 6.60. The van der Waals surface area contributed by atoms with Crippen molar-refractivity contribution in [3.63, 3.8) is 0 Å². The van der Waals surface area contributed by atoms with Gasteiger partial charge in [0, 0.05) is 27.6 Å². The highest BCUT2D eigenvalue weighted by Crippen LogP contribution is 2.32. The first kappa shape index (κ1) is 20.3. The summed E-state index contributed by atoms with van der Waals surface area (Å²) in [4.78, 5) is 15.5. The Balaban J connectivity index is 1.81. The molecule has 2 aliphatic rings. The lowest BCUT2D eigenvalue weighted by Gasteiger charge is -2.03. The fraction of sp³-hybridized carbons (Fsp3) is 0. The summed E-state index contributed by atoms with van der Waals surface area (Å²) in [6.45, 7) is 0. The molecule has 3 aromatic heterocycles. The van der Waals surface area contributed by atoms with Gasteiger partial charge in [0.05, 0.1) is 22.8 Å². The molecule has 0 radical (unpaired) electrons. The number of hydrogen-bond acceptors (Lipinski definition) is 4. The van der Waals surface area contributed by atoms with E-state index >= 15 is 0 Å². The maximum Gasteiger partial charge on any atom is 0.298 e. The highest BCUT2D eigenvalue weighted by atomic mass is 32.2. The van der Waals surface area contributed by atoms with E-state index in [0.29, 0.717) is 11.4 Å². The predicted octanol–water partition coefficient (Wildman–Crippen LogP) is 5.57. The number of hydrogen-bond donors (Lipinski definition) is 3. The van der Waals surface area contributed by atoms with Gasteiger partial charge in [-0.25, -0.2) is 9.97 Å². The van der Waals surface area contributed by atoms with Gasteiger partial charge < -0.3 is 9.97 Å². The smallest absolute Gasteiger partial charge is 0.298 e. The largest absolute Gasteiger partial charge is 0.355 e. The quantitative estimate of drug-likeness (QED) is 0.289. The van der Waals surface area contributed by atoms with Crippen molar-refractivity contribution in [1.82, 2.24) is 19.9 Å². The number of aromatic nitrogens is 4. The van der Waals surface area contributed by atoms with Crippen molar-refractivity contribution in [2.24, 2.45) is 0 Å². The van der Waals surface area contributed by atoms with Crippen molar-refractivity contribution in [2.45, 2.75) is 4.90 Å². The van der Waals surface area contributed by atoms with Crippen molar-refractivity contribution < 1.29 is 13.0 Å². The Morgan fingerprint density at radius 2 is 1.32 bits per heavy atom. The predicted molar refractivity (Wildman–Crippen MR) is 134 cm³/mol. The van der Waals surface area contributed by atoms with Gasteiger partial charge in [-0.05, 0) is 66.3 Å². The normalized spacial score (nSPS) is 12.9. The van der Waals surface area contributed by atoms with Crippen LogP contribution in [0.25, 0.3) is 57.5 Å². The number of aromatic amines is 2. The molecule has 4 aromatic rings. The molecule has 0 unspecified atom stereocenters. The lowest BCUT2D eigenvalue weighted by molar-refractivity contribution is 0.482. The van der Waals surface area contributed by atoms with Crippen LogP contribution < -0.4 is 0 Å². The fourth-order valence-corrected chi connectivity index (χ4v) is 4.98. The molecule has 2 aliphatic heterocycles. The van der Waals surface area contributed by atoms with Crippen molar-refractivity contribution in [3.8, 4) is 11.1 Å². The molecule has 6 rings (SSSR count). The maximum absolute atomic E-state index is 12.4. The molecule has 7 nitrogen and oxygen atoms in total. The molecule has 0 atom stereocenters.